The van der Waals surface area contributed by atoms with Crippen LogP contribution in [0.15, 0.2) is 60.7 Å². The maximum atomic E-state index is 12.8. The van der Waals surface area contributed by atoms with Crippen molar-refractivity contribution in [2.45, 2.75) is 13.0 Å². The quantitative estimate of drug-likeness (QED) is 0.776. The van der Waals surface area contributed by atoms with E-state index >= 15 is 0 Å². The van der Waals surface area contributed by atoms with E-state index in [-0.39, 0.29) is 12.4 Å². The van der Waals surface area contributed by atoms with Crippen LogP contribution in [-0.2, 0) is 19.8 Å². The van der Waals surface area contributed by atoms with E-state index in [0.717, 1.165) is 0 Å². The van der Waals surface area contributed by atoms with Gasteiger partial charge in [-0.15, -0.1) is 0 Å². The number of carbonyl (C=O) groups is 1. The van der Waals surface area contributed by atoms with Crippen LogP contribution in [0, 0.1) is 5.92 Å². The summed E-state index contributed by atoms with van der Waals surface area (Å²) in [5.74, 6) is -0.959. The van der Waals surface area contributed by atoms with Gasteiger partial charge in [-0.05, 0) is 30.7 Å². The second kappa shape index (κ2) is 6.17. The largest absolute Gasteiger partial charge is 0.465 e. The van der Waals surface area contributed by atoms with Crippen molar-refractivity contribution in [2.75, 3.05) is 6.61 Å². The Morgan fingerprint density at radius 3 is 2.54 bits per heavy atom. The van der Waals surface area contributed by atoms with Crippen molar-refractivity contribution in [2.24, 2.45) is 5.92 Å². The molecule has 7 heteroatoms. The lowest BCUT2D eigenvalue weighted by molar-refractivity contribution is -0.147. The highest BCUT2D eigenvalue weighted by atomic mass is 32.2. The highest BCUT2D eigenvalue weighted by molar-refractivity contribution is 7.85. The van der Waals surface area contributed by atoms with Crippen LogP contribution < -0.4 is 4.18 Å². The lowest BCUT2D eigenvalue weighted by Gasteiger charge is -2.34. The molecule has 4 rings (SSSR count). The van der Waals surface area contributed by atoms with Crippen LogP contribution in [0.5, 0.6) is 5.75 Å². The molecule has 2 aliphatic heterocycles. The molecule has 0 aromatic heterocycles. The van der Waals surface area contributed by atoms with E-state index in [1.165, 1.54) is 4.31 Å². The number of para-hydroxylation sites is 1. The minimum absolute atomic E-state index is 0.222. The lowest BCUT2D eigenvalue weighted by Crippen LogP contribution is -2.39. The van der Waals surface area contributed by atoms with Crippen LogP contribution in [0.3, 0.4) is 0 Å². The van der Waals surface area contributed by atoms with Gasteiger partial charge in [0, 0.05) is 5.56 Å². The zero-order valence-electron chi connectivity index (χ0n) is 14.0. The van der Waals surface area contributed by atoms with Gasteiger partial charge in [0.05, 0.1) is 18.3 Å². The third-order valence-corrected chi connectivity index (χ3v) is 5.76. The average molecular weight is 371 g/mol. The molecule has 134 valence electrons. The Kier molecular flexibility index (Phi) is 3.96. The Bertz CT molecular complexity index is 984. The van der Waals surface area contributed by atoms with Crippen molar-refractivity contribution < 1.29 is 22.1 Å². The predicted octanol–water partition coefficient (Wildman–Crippen LogP) is 2.90. The van der Waals surface area contributed by atoms with Crippen LogP contribution in [-0.4, -0.2) is 25.3 Å². The Balaban J connectivity index is 1.91. The van der Waals surface area contributed by atoms with E-state index < -0.39 is 28.2 Å². The molecule has 2 aromatic carbocycles. The van der Waals surface area contributed by atoms with Gasteiger partial charge in [-0.1, -0.05) is 42.5 Å². The molecule has 0 N–H and O–H groups in total. The SMILES string of the molecule is CCOC(=O)[C@@H]1C=C2c3ccccc3OS(=O)(=O)N2[C@H]1c1ccccc1. The van der Waals surface area contributed by atoms with Crippen LogP contribution in [0.1, 0.15) is 24.1 Å². The van der Waals surface area contributed by atoms with Crippen molar-refractivity contribution in [1.29, 1.82) is 0 Å². The van der Waals surface area contributed by atoms with Gasteiger partial charge in [-0.2, -0.15) is 8.42 Å². The summed E-state index contributed by atoms with van der Waals surface area (Å²) in [6.45, 7) is 1.94. The molecule has 0 saturated heterocycles. The Morgan fingerprint density at radius 2 is 1.81 bits per heavy atom. The summed E-state index contributed by atoms with van der Waals surface area (Å²) in [6.07, 6.45) is 1.66. The third-order valence-electron chi connectivity index (χ3n) is 4.47. The fourth-order valence-corrected chi connectivity index (χ4v) is 4.81. The third kappa shape index (κ3) is 2.55. The molecule has 0 saturated carbocycles. The molecule has 0 radical (unpaired) electrons. The average Bonchev–Trinajstić information content (AvgIpc) is 3.04. The van der Waals surface area contributed by atoms with E-state index in [4.69, 9.17) is 8.92 Å². The normalized spacial score (nSPS) is 22.7. The first kappa shape index (κ1) is 16.7. The van der Waals surface area contributed by atoms with Crippen molar-refractivity contribution in [3.63, 3.8) is 0 Å². The van der Waals surface area contributed by atoms with Crippen LogP contribution in [0.25, 0.3) is 5.70 Å². The maximum Gasteiger partial charge on any atom is 0.410 e. The topological polar surface area (TPSA) is 72.9 Å². The van der Waals surface area contributed by atoms with E-state index in [9.17, 15) is 13.2 Å². The minimum Gasteiger partial charge on any atom is -0.465 e. The molecule has 2 heterocycles. The molecular weight excluding hydrogens is 354 g/mol. The van der Waals surface area contributed by atoms with Gasteiger partial charge in [0.15, 0.2) is 5.75 Å². The summed E-state index contributed by atoms with van der Waals surface area (Å²) in [6, 6.07) is 15.2. The first-order valence-electron chi connectivity index (χ1n) is 8.29. The highest BCUT2D eigenvalue weighted by Gasteiger charge is 2.50. The first-order valence-corrected chi connectivity index (χ1v) is 9.66. The summed E-state index contributed by atoms with van der Waals surface area (Å²) >= 11 is 0. The zero-order chi connectivity index (χ0) is 18.3. The molecule has 0 aliphatic carbocycles. The van der Waals surface area contributed by atoms with Crippen molar-refractivity contribution >= 4 is 22.0 Å². The molecule has 0 fully saturated rings. The molecule has 0 spiro atoms. The van der Waals surface area contributed by atoms with Crippen LogP contribution in [0.4, 0.5) is 0 Å². The summed E-state index contributed by atoms with van der Waals surface area (Å²) < 4.78 is 37.4. The summed E-state index contributed by atoms with van der Waals surface area (Å²) in [5, 5.41) is 0. The van der Waals surface area contributed by atoms with Gasteiger partial charge in [-0.25, -0.2) is 4.31 Å². The standard InChI is InChI=1S/C19H17NO5S/c1-2-24-19(21)15-12-16-14-10-6-7-11-17(14)25-26(22,23)20(16)18(15)13-8-4-3-5-9-13/h3-12,15,18H,2H2,1H3/t15-,18+/m1/s1. The molecule has 2 aromatic rings. The number of fused-ring (bicyclic) bond motifs is 3. The van der Waals surface area contributed by atoms with Gasteiger partial charge in [0.2, 0.25) is 0 Å². The van der Waals surface area contributed by atoms with E-state index in [2.05, 4.69) is 0 Å². The number of carbonyl (C=O) groups excluding carboxylic acids is 1. The minimum atomic E-state index is -4.10. The Labute approximate surface area is 151 Å². The maximum absolute atomic E-state index is 12.8. The fraction of sp³-hybridized carbons (Fsp3) is 0.211. The molecule has 0 amide bonds. The van der Waals surface area contributed by atoms with Crippen LogP contribution >= 0.6 is 0 Å². The monoisotopic (exact) mass is 371 g/mol. The molecular formula is C19H17NO5S. The number of ether oxygens (including phenoxy) is 1. The Hall–Kier alpha value is -2.80. The number of benzene rings is 2. The molecule has 2 aliphatic rings. The van der Waals surface area contributed by atoms with Gasteiger partial charge in [-0.3, -0.25) is 4.79 Å². The lowest BCUT2D eigenvalue weighted by atomic mass is 9.95. The van der Waals surface area contributed by atoms with Gasteiger partial charge >= 0.3 is 16.3 Å². The summed E-state index contributed by atoms with van der Waals surface area (Å²) in [4.78, 5) is 12.6. The first-order chi connectivity index (χ1) is 12.5. The fourth-order valence-electron chi connectivity index (χ4n) is 3.43. The second-order valence-electron chi connectivity index (χ2n) is 6.02. The molecule has 0 bridgehead atoms. The molecule has 0 unspecified atom stereocenters. The molecule has 26 heavy (non-hydrogen) atoms. The van der Waals surface area contributed by atoms with E-state index in [1.54, 1.807) is 61.5 Å². The number of nitrogens with zero attached hydrogens (tertiary/aromatic N) is 1. The van der Waals surface area contributed by atoms with Gasteiger partial charge < -0.3 is 8.92 Å². The van der Waals surface area contributed by atoms with Crippen molar-refractivity contribution in [3.8, 4) is 5.75 Å². The number of hydrogen-bond donors (Lipinski definition) is 0. The smallest absolute Gasteiger partial charge is 0.410 e. The van der Waals surface area contributed by atoms with Crippen LogP contribution in [0.2, 0.25) is 0 Å². The van der Waals surface area contributed by atoms with Gasteiger partial charge in [0.1, 0.15) is 5.92 Å². The molecule has 2 atom stereocenters. The number of rotatable bonds is 3. The molecule has 6 nitrogen and oxygen atoms in total. The van der Waals surface area contributed by atoms with Crippen molar-refractivity contribution in [1.82, 2.24) is 4.31 Å². The highest BCUT2D eigenvalue weighted by Crippen LogP contribution is 2.50. The Morgan fingerprint density at radius 1 is 1.12 bits per heavy atom. The summed E-state index contributed by atoms with van der Waals surface area (Å²) in [7, 11) is -4.10. The van der Waals surface area contributed by atoms with E-state index in [1.807, 2.05) is 6.07 Å². The summed E-state index contributed by atoms with van der Waals surface area (Å²) in [5.41, 5.74) is 1.78. The second-order valence-corrected chi connectivity index (χ2v) is 7.43. The number of hydrogen-bond acceptors (Lipinski definition) is 5. The predicted molar refractivity (Wildman–Crippen MR) is 95.1 cm³/mol. The van der Waals surface area contributed by atoms with Gasteiger partial charge in [0.25, 0.3) is 0 Å². The number of esters is 1. The van der Waals surface area contributed by atoms with Crippen molar-refractivity contribution in [3.05, 3.63) is 71.8 Å². The zero-order valence-corrected chi connectivity index (χ0v) is 14.8. The van der Waals surface area contributed by atoms with E-state index in [0.29, 0.717) is 16.8 Å².